The molecular weight excluding hydrogens is 214 g/mol. The Morgan fingerprint density at radius 2 is 2.07 bits per heavy atom. The molecule has 1 aliphatic rings. The third-order valence-corrected chi connectivity index (χ3v) is 6.61. The van der Waals surface area contributed by atoms with E-state index in [-0.39, 0.29) is 11.7 Å². The fourth-order valence-electron chi connectivity index (χ4n) is 1.72. The number of hydrogen-bond acceptors (Lipinski definition) is 2. The van der Waals surface area contributed by atoms with Crippen LogP contribution in [0.15, 0.2) is 18.2 Å². The Kier molecular flexibility index (Phi) is 2.20. The van der Waals surface area contributed by atoms with Crippen LogP contribution < -0.4 is 10.0 Å². The van der Waals surface area contributed by atoms with Crippen LogP contribution >= 0.6 is 7.14 Å². The Morgan fingerprint density at radius 1 is 1.40 bits per heavy atom. The number of hydrogen-bond donors (Lipinski definition) is 0. The molecule has 0 fully saturated rings. The van der Waals surface area contributed by atoms with Crippen molar-refractivity contribution in [3.05, 3.63) is 24.0 Å². The fraction of sp³-hybridized carbons (Fsp3) is 0.455. The predicted octanol–water partition coefficient (Wildman–Crippen LogP) is 2.96. The summed E-state index contributed by atoms with van der Waals surface area (Å²) in [6, 6.07) is 4.59. The molecule has 0 saturated heterocycles. The Hall–Kier alpha value is -0.820. The van der Waals surface area contributed by atoms with Gasteiger partial charge in [0, 0.05) is 5.16 Å². The number of ether oxygens (including phenoxy) is 1. The van der Waals surface area contributed by atoms with Gasteiger partial charge in [-0.2, -0.15) is 0 Å². The summed E-state index contributed by atoms with van der Waals surface area (Å²) in [4.78, 5) is 0. The maximum atomic E-state index is 13.7. The van der Waals surface area contributed by atoms with Gasteiger partial charge in [0.15, 0.2) is 7.14 Å². The van der Waals surface area contributed by atoms with Crippen LogP contribution in [0.25, 0.3) is 0 Å². The molecular formula is C11H14FO2P. The van der Waals surface area contributed by atoms with Gasteiger partial charge in [-0.15, -0.1) is 0 Å². The highest BCUT2D eigenvalue weighted by atomic mass is 31.2. The molecule has 1 aromatic carbocycles. The van der Waals surface area contributed by atoms with Crippen molar-refractivity contribution in [2.75, 3.05) is 6.35 Å². The summed E-state index contributed by atoms with van der Waals surface area (Å²) in [5, 5.41) is -0.169. The van der Waals surface area contributed by atoms with Crippen LogP contribution in [-0.2, 0) is 4.57 Å². The van der Waals surface area contributed by atoms with E-state index in [1.54, 1.807) is 12.1 Å². The van der Waals surface area contributed by atoms with E-state index in [1.165, 1.54) is 6.07 Å². The number of rotatable bonds is 0. The molecule has 0 radical (unpaired) electrons. The lowest BCUT2D eigenvalue weighted by molar-refractivity contribution is 0.389. The van der Waals surface area contributed by atoms with Crippen LogP contribution in [0.1, 0.15) is 20.8 Å². The molecule has 1 aliphatic heterocycles. The van der Waals surface area contributed by atoms with Gasteiger partial charge >= 0.3 is 0 Å². The van der Waals surface area contributed by atoms with Gasteiger partial charge in [-0.1, -0.05) is 26.8 Å². The normalized spacial score (nSPS) is 24.8. The zero-order valence-corrected chi connectivity index (χ0v) is 9.98. The van der Waals surface area contributed by atoms with E-state index in [0.29, 0.717) is 5.75 Å². The molecule has 2 rings (SSSR count). The summed E-state index contributed by atoms with van der Waals surface area (Å²) in [6.45, 7) is 5.58. The second-order valence-electron chi connectivity index (χ2n) is 4.77. The smallest absolute Gasteiger partial charge is 0.162 e. The molecule has 0 aliphatic carbocycles. The Balaban J connectivity index is 2.68. The molecule has 4 heteroatoms. The highest BCUT2D eigenvalue weighted by Crippen LogP contribution is 2.61. The average Bonchev–Trinajstić information content (AvgIpc) is 2.45. The van der Waals surface area contributed by atoms with Crippen molar-refractivity contribution in [2.24, 2.45) is 0 Å². The minimum Gasteiger partial charge on any atom is -0.485 e. The van der Waals surface area contributed by atoms with Gasteiger partial charge in [-0.05, 0) is 12.1 Å². The third kappa shape index (κ3) is 1.41. The van der Waals surface area contributed by atoms with Crippen LogP contribution in [0.4, 0.5) is 4.39 Å². The van der Waals surface area contributed by atoms with Gasteiger partial charge in [-0.25, -0.2) is 4.39 Å². The molecule has 0 amide bonds. The average molecular weight is 228 g/mol. The Morgan fingerprint density at radius 3 is 2.67 bits per heavy atom. The molecule has 15 heavy (non-hydrogen) atoms. The predicted molar refractivity (Wildman–Crippen MR) is 58.9 cm³/mol. The highest BCUT2D eigenvalue weighted by Gasteiger charge is 2.46. The number of halogens is 1. The lowest BCUT2D eigenvalue weighted by Gasteiger charge is -2.26. The fourth-order valence-corrected chi connectivity index (χ4v) is 4.14. The third-order valence-electron chi connectivity index (χ3n) is 2.80. The number of benzene rings is 1. The van der Waals surface area contributed by atoms with Gasteiger partial charge < -0.3 is 9.30 Å². The van der Waals surface area contributed by atoms with Crippen molar-refractivity contribution in [1.29, 1.82) is 0 Å². The van der Waals surface area contributed by atoms with Gasteiger partial charge in [0.05, 0.1) is 5.30 Å². The van der Waals surface area contributed by atoms with E-state index in [2.05, 4.69) is 0 Å². The minimum atomic E-state index is -2.78. The van der Waals surface area contributed by atoms with Crippen LogP contribution in [0.3, 0.4) is 0 Å². The summed E-state index contributed by atoms with van der Waals surface area (Å²) in [7, 11) is -2.78. The van der Waals surface area contributed by atoms with E-state index < -0.39 is 18.1 Å². The van der Waals surface area contributed by atoms with Crippen LogP contribution in [0.5, 0.6) is 5.75 Å². The molecule has 1 atom stereocenters. The van der Waals surface area contributed by atoms with Crippen molar-refractivity contribution in [3.8, 4) is 5.75 Å². The second-order valence-corrected chi connectivity index (χ2v) is 8.30. The topological polar surface area (TPSA) is 26.3 Å². The van der Waals surface area contributed by atoms with Gasteiger partial charge in [-0.3, -0.25) is 0 Å². The first-order valence-electron chi connectivity index (χ1n) is 4.87. The largest absolute Gasteiger partial charge is 0.485 e. The van der Waals surface area contributed by atoms with Crippen molar-refractivity contribution in [2.45, 2.75) is 25.9 Å². The number of fused-ring (bicyclic) bond motifs is 1. The van der Waals surface area contributed by atoms with E-state index in [4.69, 9.17) is 4.74 Å². The van der Waals surface area contributed by atoms with Crippen LogP contribution in [0.2, 0.25) is 0 Å². The zero-order valence-electron chi connectivity index (χ0n) is 9.08. The molecule has 0 saturated carbocycles. The SMILES string of the molecule is CC(C)(C)P1(=O)COc2cccc(F)c21. The lowest BCUT2D eigenvalue weighted by atomic mass is 10.3. The molecule has 0 spiro atoms. The molecule has 1 aromatic rings. The molecule has 0 bridgehead atoms. The van der Waals surface area contributed by atoms with E-state index in [1.807, 2.05) is 20.8 Å². The van der Waals surface area contributed by atoms with Crippen LogP contribution in [-0.4, -0.2) is 11.5 Å². The Labute approximate surface area is 88.8 Å². The van der Waals surface area contributed by atoms with Gasteiger partial charge in [0.2, 0.25) is 0 Å². The summed E-state index contributed by atoms with van der Waals surface area (Å²) < 4.78 is 31.7. The van der Waals surface area contributed by atoms with Gasteiger partial charge in [0.1, 0.15) is 17.9 Å². The maximum absolute atomic E-state index is 13.7. The summed E-state index contributed by atoms with van der Waals surface area (Å²) in [6.07, 6.45) is 0.118. The summed E-state index contributed by atoms with van der Waals surface area (Å²) in [5.74, 6) is 0.0246. The second kappa shape index (κ2) is 3.08. The van der Waals surface area contributed by atoms with Crippen LogP contribution in [0, 0.1) is 5.82 Å². The van der Waals surface area contributed by atoms with E-state index in [9.17, 15) is 8.96 Å². The van der Waals surface area contributed by atoms with Crippen molar-refractivity contribution in [3.63, 3.8) is 0 Å². The monoisotopic (exact) mass is 228 g/mol. The highest BCUT2D eigenvalue weighted by molar-refractivity contribution is 7.73. The van der Waals surface area contributed by atoms with E-state index >= 15 is 0 Å². The quantitative estimate of drug-likeness (QED) is 0.638. The summed E-state index contributed by atoms with van der Waals surface area (Å²) >= 11 is 0. The van der Waals surface area contributed by atoms with Gasteiger partial charge in [0.25, 0.3) is 0 Å². The summed E-state index contributed by atoms with van der Waals surface area (Å²) in [5.41, 5.74) is 0. The molecule has 2 nitrogen and oxygen atoms in total. The van der Waals surface area contributed by atoms with E-state index in [0.717, 1.165) is 0 Å². The molecule has 0 aromatic heterocycles. The first-order valence-corrected chi connectivity index (χ1v) is 6.76. The Bertz CT molecular complexity index is 448. The molecule has 1 unspecified atom stereocenters. The molecule has 0 N–H and O–H groups in total. The lowest BCUT2D eigenvalue weighted by Crippen LogP contribution is -2.23. The van der Waals surface area contributed by atoms with Crippen molar-refractivity contribution < 1.29 is 13.7 Å². The standard InChI is InChI=1S/C11H14FO2P/c1-11(2,3)15(13)7-14-9-6-4-5-8(12)10(9)15/h4-6H,7H2,1-3H3. The first-order chi connectivity index (χ1) is 6.86. The minimum absolute atomic E-state index is 0.118. The first kappa shape index (κ1) is 10.7. The maximum Gasteiger partial charge on any atom is 0.162 e. The van der Waals surface area contributed by atoms with Crippen molar-refractivity contribution in [1.82, 2.24) is 0 Å². The molecule has 82 valence electrons. The molecule has 1 heterocycles. The van der Waals surface area contributed by atoms with Crippen molar-refractivity contribution >= 4 is 12.4 Å². The zero-order chi connectivity index (χ0) is 11.3.